The maximum atomic E-state index is 14.0. The molecule has 1 aromatic carbocycles. The SMILES string of the molecule is C=C1[C@@H](C)[C@H]2[C@H](Cc3ccccc3)NC(=O)[C@]23OC(=O)/C=C/C(=O)CCC[C@@H](C)C/C=C/[C@H]3[C@@H]1OC(C)=O. The Bertz CT molecular complexity index is 1150. The van der Waals surface area contributed by atoms with E-state index in [0.29, 0.717) is 30.8 Å². The first kappa shape index (κ1) is 27.6. The molecule has 7 nitrogen and oxygen atoms in total. The lowest BCUT2D eigenvalue weighted by Gasteiger charge is -2.49. The van der Waals surface area contributed by atoms with Crippen LogP contribution in [0.4, 0.5) is 0 Å². The summed E-state index contributed by atoms with van der Waals surface area (Å²) in [6.07, 6.45) is 8.50. The molecular formula is C31H37NO6. The minimum Gasteiger partial charge on any atom is -0.457 e. The molecule has 2 heterocycles. The lowest BCUT2D eigenvalue weighted by Crippen LogP contribution is -2.62. The summed E-state index contributed by atoms with van der Waals surface area (Å²) in [5.74, 6) is -3.12. The van der Waals surface area contributed by atoms with Crippen molar-refractivity contribution in [3.63, 3.8) is 0 Å². The number of benzene rings is 1. The molecule has 2 fully saturated rings. The summed E-state index contributed by atoms with van der Waals surface area (Å²) in [6, 6.07) is 9.46. The second kappa shape index (κ2) is 11.5. The molecule has 3 aliphatic rings. The number of hydrogen-bond acceptors (Lipinski definition) is 6. The summed E-state index contributed by atoms with van der Waals surface area (Å²) < 4.78 is 11.9. The Morgan fingerprint density at radius 1 is 1.16 bits per heavy atom. The average Bonchev–Trinajstić information content (AvgIpc) is 3.14. The van der Waals surface area contributed by atoms with Gasteiger partial charge < -0.3 is 14.8 Å². The molecule has 0 radical (unpaired) electrons. The molecule has 1 spiro atoms. The maximum absolute atomic E-state index is 14.0. The molecule has 1 saturated carbocycles. The van der Waals surface area contributed by atoms with Gasteiger partial charge in [-0.05, 0) is 54.7 Å². The number of esters is 2. The standard InChI is InChI=1S/C31H37NO6/c1-19-10-8-14-24(34)16-17-27(35)38-31-25(15-9-11-19)29(37-22(4)33)21(3)20(2)28(31)26(32-30(31)36)18-23-12-6-5-7-13-23/h5-7,9,12-13,15-17,19-20,25-26,28-29H,3,8,10-11,14,18H2,1-2,4H3,(H,32,36)/b15-9+,17-16+/t19-,20-,25+,26+,28+,29-,31-/m1/s1. The molecule has 1 saturated heterocycles. The molecule has 0 bridgehead atoms. The van der Waals surface area contributed by atoms with Gasteiger partial charge in [-0.1, -0.05) is 62.9 Å². The maximum Gasteiger partial charge on any atom is 0.331 e. The van der Waals surface area contributed by atoms with Crippen LogP contribution in [0.1, 0.15) is 52.0 Å². The molecule has 38 heavy (non-hydrogen) atoms. The van der Waals surface area contributed by atoms with Gasteiger partial charge in [-0.25, -0.2) is 4.79 Å². The van der Waals surface area contributed by atoms with Crippen molar-refractivity contribution in [2.75, 3.05) is 0 Å². The lowest BCUT2D eigenvalue weighted by molar-refractivity contribution is -0.186. The first-order valence-corrected chi connectivity index (χ1v) is 13.4. The van der Waals surface area contributed by atoms with Crippen LogP contribution in [0.5, 0.6) is 0 Å². The summed E-state index contributed by atoms with van der Waals surface area (Å²) >= 11 is 0. The summed E-state index contributed by atoms with van der Waals surface area (Å²) in [7, 11) is 0. The third-order valence-electron chi connectivity index (χ3n) is 8.18. The Hall–Kier alpha value is -3.48. The summed E-state index contributed by atoms with van der Waals surface area (Å²) in [6.45, 7) is 9.66. The van der Waals surface area contributed by atoms with E-state index in [4.69, 9.17) is 9.47 Å². The van der Waals surface area contributed by atoms with Gasteiger partial charge in [-0.3, -0.25) is 14.4 Å². The minimum atomic E-state index is -1.64. The zero-order chi connectivity index (χ0) is 27.4. The van der Waals surface area contributed by atoms with Crippen LogP contribution >= 0.6 is 0 Å². The first-order chi connectivity index (χ1) is 18.1. The topological polar surface area (TPSA) is 98.8 Å². The second-order valence-corrected chi connectivity index (χ2v) is 10.9. The van der Waals surface area contributed by atoms with E-state index < -0.39 is 41.4 Å². The highest BCUT2D eigenvalue weighted by molar-refractivity contribution is 5.98. The summed E-state index contributed by atoms with van der Waals surface area (Å²) in [5.41, 5.74) is 0.0727. The van der Waals surface area contributed by atoms with Crippen molar-refractivity contribution in [2.24, 2.45) is 23.7 Å². The quantitative estimate of drug-likeness (QED) is 0.473. The lowest BCUT2D eigenvalue weighted by atomic mass is 9.59. The van der Waals surface area contributed by atoms with E-state index in [1.165, 1.54) is 13.0 Å². The molecule has 7 heteroatoms. The van der Waals surface area contributed by atoms with Crippen molar-refractivity contribution in [1.29, 1.82) is 0 Å². The number of rotatable bonds is 3. The third kappa shape index (κ3) is 5.52. The van der Waals surface area contributed by atoms with Gasteiger partial charge in [0.15, 0.2) is 5.78 Å². The highest BCUT2D eigenvalue weighted by Gasteiger charge is 2.68. The van der Waals surface area contributed by atoms with E-state index in [1.807, 2.05) is 49.4 Å². The van der Waals surface area contributed by atoms with Crippen molar-refractivity contribution in [3.05, 3.63) is 72.4 Å². The molecule has 0 aromatic heterocycles. The van der Waals surface area contributed by atoms with E-state index in [2.05, 4.69) is 18.8 Å². The number of carbonyl (C=O) groups excluding carboxylic acids is 4. The predicted molar refractivity (Wildman–Crippen MR) is 143 cm³/mol. The van der Waals surface area contributed by atoms with E-state index in [0.717, 1.165) is 24.5 Å². The normalized spacial score (nSPS) is 35.7. The molecule has 2 aliphatic heterocycles. The molecule has 7 atom stereocenters. The van der Waals surface area contributed by atoms with Crippen molar-refractivity contribution < 1.29 is 28.7 Å². The Kier molecular flexibility index (Phi) is 8.34. The van der Waals surface area contributed by atoms with Gasteiger partial charge in [-0.2, -0.15) is 0 Å². The van der Waals surface area contributed by atoms with E-state index in [1.54, 1.807) is 0 Å². The number of ketones is 1. The largest absolute Gasteiger partial charge is 0.457 e. The van der Waals surface area contributed by atoms with Crippen LogP contribution in [0.25, 0.3) is 0 Å². The Balaban J connectivity index is 1.84. The molecule has 1 amide bonds. The molecular weight excluding hydrogens is 482 g/mol. The van der Waals surface area contributed by atoms with Crippen LogP contribution in [0.3, 0.4) is 0 Å². The van der Waals surface area contributed by atoms with Gasteiger partial charge in [0, 0.05) is 31.4 Å². The molecule has 1 N–H and O–H groups in total. The molecule has 4 rings (SSSR count). The Morgan fingerprint density at radius 2 is 1.89 bits per heavy atom. The second-order valence-electron chi connectivity index (χ2n) is 10.9. The monoisotopic (exact) mass is 519 g/mol. The number of allylic oxidation sites excluding steroid dienone is 2. The highest BCUT2D eigenvalue weighted by atomic mass is 16.6. The van der Waals surface area contributed by atoms with Crippen LogP contribution in [0.15, 0.2) is 66.8 Å². The van der Waals surface area contributed by atoms with Crippen LogP contribution in [-0.4, -0.2) is 41.4 Å². The first-order valence-electron chi connectivity index (χ1n) is 13.4. The van der Waals surface area contributed by atoms with Crippen LogP contribution in [0.2, 0.25) is 0 Å². The molecule has 0 unspecified atom stereocenters. The number of carbonyl (C=O) groups is 4. The molecule has 1 aliphatic carbocycles. The fourth-order valence-electron chi connectivity index (χ4n) is 6.30. The Morgan fingerprint density at radius 3 is 2.61 bits per heavy atom. The molecule has 202 valence electrons. The number of amides is 1. The van der Waals surface area contributed by atoms with Gasteiger partial charge in [0.2, 0.25) is 5.60 Å². The smallest absolute Gasteiger partial charge is 0.331 e. The Labute approximate surface area is 224 Å². The van der Waals surface area contributed by atoms with Crippen molar-refractivity contribution in [2.45, 2.75) is 70.6 Å². The zero-order valence-electron chi connectivity index (χ0n) is 22.4. The number of ether oxygens (including phenoxy) is 2. The van der Waals surface area contributed by atoms with Crippen molar-refractivity contribution in [3.8, 4) is 0 Å². The summed E-state index contributed by atoms with van der Waals surface area (Å²) in [4.78, 5) is 51.7. The van der Waals surface area contributed by atoms with Gasteiger partial charge in [0.1, 0.15) is 6.10 Å². The van der Waals surface area contributed by atoms with E-state index in [9.17, 15) is 19.2 Å². The van der Waals surface area contributed by atoms with Gasteiger partial charge >= 0.3 is 11.9 Å². The van der Waals surface area contributed by atoms with Crippen LogP contribution in [-0.2, 0) is 35.1 Å². The van der Waals surface area contributed by atoms with Crippen LogP contribution < -0.4 is 5.32 Å². The minimum absolute atomic E-state index is 0.159. The number of hydrogen-bond donors (Lipinski definition) is 1. The fourth-order valence-corrected chi connectivity index (χ4v) is 6.30. The molecule has 1 aromatic rings. The highest BCUT2D eigenvalue weighted by Crippen LogP contribution is 2.53. The number of nitrogens with one attached hydrogen (secondary N) is 1. The predicted octanol–water partition coefficient (Wildman–Crippen LogP) is 4.27. The van der Waals surface area contributed by atoms with E-state index >= 15 is 0 Å². The summed E-state index contributed by atoms with van der Waals surface area (Å²) in [5, 5.41) is 3.11. The fraction of sp³-hybridized carbons (Fsp3) is 0.484. The average molecular weight is 520 g/mol. The van der Waals surface area contributed by atoms with Crippen LogP contribution in [0, 0.1) is 23.7 Å². The zero-order valence-corrected chi connectivity index (χ0v) is 22.4. The van der Waals surface area contributed by atoms with Crippen molar-refractivity contribution >= 4 is 23.6 Å². The van der Waals surface area contributed by atoms with Gasteiger partial charge in [-0.15, -0.1) is 0 Å². The van der Waals surface area contributed by atoms with Gasteiger partial charge in [0.25, 0.3) is 5.91 Å². The third-order valence-corrected chi connectivity index (χ3v) is 8.18. The van der Waals surface area contributed by atoms with E-state index in [-0.39, 0.29) is 17.7 Å². The van der Waals surface area contributed by atoms with Crippen molar-refractivity contribution in [1.82, 2.24) is 5.32 Å². The van der Waals surface area contributed by atoms with Gasteiger partial charge in [0.05, 0.1) is 5.92 Å².